The summed E-state index contributed by atoms with van der Waals surface area (Å²) in [5.74, 6) is 0. The minimum Gasteiger partial charge on any atom is -0.333 e. The SMILES string of the molecule is Sc1ccccn1.Sc1nc2ccccc2[nH]1. The monoisotopic (exact) mass is 261 g/mol. The van der Waals surface area contributed by atoms with Gasteiger partial charge in [0.1, 0.15) is 0 Å². The molecule has 5 heteroatoms. The first kappa shape index (κ1) is 12.0. The van der Waals surface area contributed by atoms with Crippen LogP contribution < -0.4 is 0 Å². The van der Waals surface area contributed by atoms with Crippen molar-refractivity contribution in [2.45, 2.75) is 10.2 Å². The number of aromatic nitrogens is 3. The molecule has 0 atom stereocenters. The van der Waals surface area contributed by atoms with E-state index in [2.05, 4.69) is 40.2 Å². The molecule has 0 unspecified atom stereocenters. The van der Waals surface area contributed by atoms with Gasteiger partial charge in [-0.2, -0.15) is 0 Å². The van der Waals surface area contributed by atoms with E-state index in [9.17, 15) is 0 Å². The second kappa shape index (κ2) is 5.75. The molecule has 0 bridgehead atoms. The number of rotatable bonds is 0. The molecular weight excluding hydrogens is 250 g/mol. The Morgan fingerprint density at radius 3 is 2.29 bits per heavy atom. The van der Waals surface area contributed by atoms with Crippen molar-refractivity contribution in [1.82, 2.24) is 15.0 Å². The summed E-state index contributed by atoms with van der Waals surface area (Å²) < 4.78 is 0. The van der Waals surface area contributed by atoms with Crippen LogP contribution in [0.15, 0.2) is 58.8 Å². The predicted molar refractivity (Wildman–Crippen MR) is 74.8 cm³/mol. The second-order valence-corrected chi connectivity index (χ2v) is 4.15. The van der Waals surface area contributed by atoms with Gasteiger partial charge in [0.15, 0.2) is 5.16 Å². The van der Waals surface area contributed by atoms with Crippen molar-refractivity contribution in [1.29, 1.82) is 0 Å². The third-order valence-electron chi connectivity index (χ3n) is 2.03. The van der Waals surface area contributed by atoms with Crippen molar-refractivity contribution < 1.29 is 0 Å². The van der Waals surface area contributed by atoms with Crippen molar-refractivity contribution in [2.24, 2.45) is 0 Å². The number of pyridine rings is 1. The molecule has 0 radical (unpaired) electrons. The Hall–Kier alpha value is -1.46. The van der Waals surface area contributed by atoms with Crippen LogP contribution in [0.3, 0.4) is 0 Å². The van der Waals surface area contributed by atoms with Gasteiger partial charge in [-0.15, -0.1) is 25.3 Å². The van der Waals surface area contributed by atoms with Crippen LogP contribution in [0.25, 0.3) is 11.0 Å². The number of imidazole rings is 1. The van der Waals surface area contributed by atoms with Gasteiger partial charge in [0, 0.05) is 6.20 Å². The Bertz CT molecular complexity index is 560. The van der Waals surface area contributed by atoms with E-state index in [1.165, 1.54) is 0 Å². The lowest BCUT2D eigenvalue weighted by molar-refractivity contribution is 1.09. The zero-order valence-corrected chi connectivity index (χ0v) is 10.7. The first-order valence-electron chi connectivity index (χ1n) is 4.99. The summed E-state index contributed by atoms with van der Waals surface area (Å²) in [6, 6.07) is 13.4. The number of para-hydroxylation sites is 2. The maximum Gasteiger partial charge on any atom is 0.163 e. The van der Waals surface area contributed by atoms with E-state index in [1.807, 2.05) is 42.5 Å². The number of H-pyrrole nitrogens is 1. The van der Waals surface area contributed by atoms with Crippen LogP contribution in [0, 0.1) is 0 Å². The fourth-order valence-electron chi connectivity index (χ4n) is 1.29. The predicted octanol–water partition coefficient (Wildman–Crippen LogP) is 3.22. The zero-order valence-electron chi connectivity index (χ0n) is 8.91. The lowest BCUT2D eigenvalue weighted by Crippen LogP contribution is -1.67. The van der Waals surface area contributed by atoms with Crippen molar-refractivity contribution in [2.75, 3.05) is 0 Å². The number of nitrogens with one attached hydrogen (secondary N) is 1. The van der Waals surface area contributed by atoms with Crippen molar-refractivity contribution in [3.05, 3.63) is 48.7 Å². The standard InChI is InChI=1S/C7H6N2S.C5H5NS/c10-7-8-5-3-1-2-4-6(5)9-7;7-5-3-1-2-4-6-5/h1-4H,(H2,8,9,10);1-4H,(H,6,7). The Balaban J connectivity index is 0.000000136. The molecule has 2 aromatic heterocycles. The lowest BCUT2D eigenvalue weighted by atomic mass is 10.3. The number of hydrogen-bond acceptors (Lipinski definition) is 4. The average molecular weight is 261 g/mol. The molecule has 2 heterocycles. The third-order valence-corrected chi connectivity index (χ3v) is 2.50. The van der Waals surface area contributed by atoms with E-state index in [4.69, 9.17) is 0 Å². The Kier molecular flexibility index (Phi) is 4.06. The smallest absolute Gasteiger partial charge is 0.163 e. The van der Waals surface area contributed by atoms with Gasteiger partial charge in [0.05, 0.1) is 16.1 Å². The van der Waals surface area contributed by atoms with Gasteiger partial charge < -0.3 is 4.98 Å². The van der Waals surface area contributed by atoms with Crippen LogP contribution in [0.5, 0.6) is 0 Å². The average Bonchev–Trinajstić information content (AvgIpc) is 2.71. The van der Waals surface area contributed by atoms with E-state index in [0.29, 0.717) is 5.16 Å². The van der Waals surface area contributed by atoms with Gasteiger partial charge in [0.25, 0.3) is 0 Å². The summed E-state index contributed by atoms with van der Waals surface area (Å²) in [7, 11) is 0. The van der Waals surface area contributed by atoms with Crippen LogP contribution in [0.4, 0.5) is 0 Å². The molecule has 3 aromatic rings. The normalized spacial score (nSPS) is 9.76. The van der Waals surface area contributed by atoms with Crippen LogP contribution in [-0.4, -0.2) is 15.0 Å². The molecule has 17 heavy (non-hydrogen) atoms. The topological polar surface area (TPSA) is 41.6 Å². The molecule has 0 aliphatic heterocycles. The maximum absolute atomic E-state index is 4.12. The number of benzene rings is 1. The summed E-state index contributed by atoms with van der Waals surface area (Å²) in [4.78, 5) is 11.0. The number of nitrogens with zero attached hydrogens (tertiary/aromatic N) is 2. The summed E-state index contributed by atoms with van der Waals surface area (Å²) in [6.45, 7) is 0. The molecule has 0 saturated heterocycles. The van der Waals surface area contributed by atoms with Crippen LogP contribution in [0.2, 0.25) is 0 Å². The van der Waals surface area contributed by atoms with Crippen molar-refractivity contribution in [3.63, 3.8) is 0 Å². The molecule has 0 aliphatic carbocycles. The highest BCUT2D eigenvalue weighted by molar-refractivity contribution is 7.80. The summed E-state index contributed by atoms with van der Waals surface area (Å²) >= 11 is 8.05. The number of aromatic amines is 1. The minimum absolute atomic E-state index is 0.668. The van der Waals surface area contributed by atoms with Crippen LogP contribution >= 0.6 is 25.3 Å². The van der Waals surface area contributed by atoms with Gasteiger partial charge in [-0.1, -0.05) is 18.2 Å². The van der Waals surface area contributed by atoms with Gasteiger partial charge >= 0.3 is 0 Å². The molecule has 0 aliphatic rings. The summed E-state index contributed by atoms with van der Waals surface area (Å²) in [6.07, 6.45) is 1.71. The Labute approximate surface area is 110 Å². The number of hydrogen-bond donors (Lipinski definition) is 3. The molecule has 0 saturated carbocycles. The number of thiol groups is 2. The van der Waals surface area contributed by atoms with E-state index in [0.717, 1.165) is 16.1 Å². The van der Waals surface area contributed by atoms with Gasteiger partial charge in [-0.3, -0.25) is 4.98 Å². The van der Waals surface area contributed by atoms with E-state index in [1.54, 1.807) is 6.20 Å². The van der Waals surface area contributed by atoms with Gasteiger partial charge in [-0.05, 0) is 24.3 Å². The molecule has 0 fully saturated rings. The molecule has 3 rings (SSSR count). The molecule has 3 nitrogen and oxygen atoms in total. The Morgan fingerprint density at radius 2 is 1.71 bits per heavy atom. The first-order chi connectivity index (χ1) is 8.25. The third kappa shape index (κ3) is 3.51. The molecule has 1 N–H and O–H groups in total. The highest BCUT2D eigenvalue weighted by Crippen LogP contribution is 2.11. The summed E-state index contributed by atoms with van der Waals surface area (Å²) in [5, 5.41) is 1.43. The molecule has 0 spiro atoms. The second-order valence-electron chi connectivity index (χ2n) is 3.27. The largest absolute Gasteiger partial charge is 0.333 e. The molecular formula is C12H11N3S2. The highest BCUT2D eigenvalue weighted by atomic mass is 32.1. The fraction of sp³-hybridized carbons (Fsp3) is 0. The molecule has 1 aromatic carbocycles. The quantitative estimate of drug-likeness (QED) is 0.544. The van der Waals surface area contributed by atoms with E-state index < -0.39 is 0 Å². The lowest BCUT2D eigenvalue weighted by Gasteiger charge is -1.81. The van der Waals surface area contributed by atoms with Crippen molar-refractivity contribution in [3.8, 4) is 0 Å². The van der Waals surface area contributed by atoms with E-state index in [-0.39, 0.29) is 0 Å². The van der Waals surface area contributed by atoms with Crippen LogP contribution in [-0.2, 0) is 0 Å². The highest BCUT2D eigenvalue weighted by Gasteiger charge is 1.94. The molecule has 86 valence electrons. The molecule has 0 amide bonds. The van der Waals surface area contributed by atoms with E-state index >= 15 is 0 Å². The Morgan fingerprint density at radius 1 is 0.941 bits per heavy atom. The first-order valence-corrected chi connectivity index (χ1v) is 5.89. The minimum atomic E-state index is 0.668. The summed E-state index contributed by atoms with van der Waals surface area (Å²) in [5.41, 5.74) is 2.00. The zero-order chi connectivity index (χ0) is 12.1. The number of fused-ring (bicyclic) bond motifs is 1. The van der Waals surface area contributed by atoms with Gasteiger partial charge in [-0.25, -0.2) is 4.98 Å². The van der Waals surface area contributed by atoms with Crippen molar-refractivity contribution >= 4 is 36.3 Å². The maximum atomic E-state index is 4.12. The van der Waals surface area contributed by atoms with Crippen LogP contribution in [0.1, 0.15) is 0 Å². The van der Waals surface area contributed by atoms with Gasteiger partial charge in [0.2, 0.25) is 0 Å². The fourth-order valence-corrected chi connectivity index (χ4v) is 1.67.